The van der Waals surface area contributed by atoms with E-state index in [1.807, 2.05) is 0 Å². The van der Waals surface area contributed by atoms with Gasteiger partial charge in [-0.3, -0.25) is 24.1 Å². The van der Waals surface area contributed by atoms with Crippen molar-refractivity contribution in [3.8, 4) is 0 Å². The number of piperazine rings is 1. The van der Waals surface area contributed by atoms with E-state index in [1.165, 1.54) is 21.9 Å². The van der Waals surface area contributed by atoms with Gasteiger partial charge in [-0.1, -0.05) is 0 Å². The summed E-state index contributed by atoms with van der Waals surface area (Å²) in [5.41, 5.74) is 0.135. The molecule has 2 saturated heterocycles. The molecule has 0 unspecified atom stereocenters. The van der Waals surface area contributed by atoms with Gasteiger partial charge >= 0.3 is 5.76 Å². The van der Waals surface area contributed by atoms with Crippen LogP contribution >= 0.6 is 0 Å². The topological polar surface area (TPSA) is 112 Å². The number of nitrogens with zero attached hydrogens (tertiary/aromatic N) is 3. The first kappa shape index (κ1) is 21.8. The Morgan fingerprint density at radius 1 is 0.900 bits per heavy atom. The molecule has 0 radical (unpaired) electrons. The first-order valence-corrected chi connectivity index (χ1v) is 10.7. The van der Waals surface area contributed by atoms with Crippen LogP contribution in [0.25, 0.3) is 0 Å². The van der Waals surface area contributed by atoms with Gasteiger partial charge in [-0.2, -0.15) is 8.78 Å². The molecule has 4 amide bonds. The molecule has 12 heteroatoms. The van der Waals surface area contributed by atoms with Gasteiger partial charge in [-0.25, -0.2) is 8.42 Å². The summed E-state index contributed by atoms with van der Waals surface area (Å²) in [6, 6.07) is 4.25. The fourth-order valence-corrected chi connectivity index (χ4v) is 3.99. The third kappa shape index (κ3) is 4.32. The largest absolute Gasteiger partial charge is 0.341 e. The Hall–Kier alpha value is -2.89. The van der Waals surface area contributed by atoms with E-state index in [2.05, 4.69) is 0 Å². The average Bonchev–Trinajstić information content (AvgIpc) is 3.05. The summed E-state index contributed by atoms with van der Waals surface area (Å²) in [6.07, 6.45) is 0.206. The van der Waals surface area contributed by atoms with E-state index < -0.39 is 26.4 Å². The summed E-state index contributed by atoms with van der Waals surface area (Å²) in [4.78, 5) is 51.4. The van der Waals surface area contributed by atoms with E-state index >= 15 is 0 Å². The molecule has 0 N–H and O–H groups in total. The molecule has 162 valence electrons. The first-order chi connectivity index (χ1) is 14.1. The maximum absolute atomic E-state index is 12.6. The molecule has 0 saturated carbocycles. The second-order valence-corrected chi connectivity index (χ2v) is 8.79. The minimum atomic E-state index is -4.73. The maximum Gasteiger partial charge on any atom is 0.341 e. The number of carbonyl (C=O) groups excluding carboxylic acids is 4. The molecule has 1 aromatic carbocycles. The van der Waals surface area contributed by atoms with Gasteiger partial charge in [0.2, 0.25) is 27.6 Å². The molecule has 2 aliphatic rings. The van der Waals surface area contributed by atoms with Crippen LogP contribution in [0.1, 0.15) is 23.2 Å². The Balaban J connectivity index is 1.57. The fourth-order valence-electron chi connectivity index (χ4n) is 3.27. The molecular formula is C18H19F2N3O6S. The smallest absolute Gasteiger partial charge is 0.338 e. The second kappa shape index (κ2) is 8.46. The fraction of sp³-hybridized carbons (Fsp3) is 0.444. The average molecular weight is 443 g/mol. The summed E-state index contributed by atoms with van der Waals surface area (Å²) in [7, 11) is -4.73. The van der Waals surface area contributed by atoms with Gasteiger partial charge in [0.25, 0.3) is 5.91 Å². The molecule has 2 heterocycles. The number of hydrogen-bond donors (Lipinski definition) is 0. The van der Waals surface area contributed by atoms with Crippen molar-refractivity contribution < 1.29 is 36.4 Å². The van der Waals surface area contributed by atoms with Crippen LogP contribution in [0.15, 0.2) is 29.2 Å². The van der Waals surface area contributed by atoms with Crippen molar-refractivity contribution in [2.75, 3.05) is 32.7 Å². The Kier molecular flexibility index (Phi) is 6.15. The van der Waals surface area contributed by atoms with Gasteiger partial charge in [0, 0.05) is 44.6 Å². The van der Waals surface area contributed by atoms with Gasteiger partial charge in [0.15, 0.2) is 0 Å². The zero-order valence-corrected chi connectivity index (χ0v) is 16.6. The van der Waals surface area contributed by atoms with Crippen LogP contribution in [0.5, 0.6) is 0 Å². The SMILES string of the molecule is O=C(CN1C(=O)CCC1=O)N1CCN(C(=O)c2ccc(S(=O)(=O)C(F)F)cc2)CC1. The van der Waals surface area contributed by atoms with Crippen LogP contribution in [0.4, 0.5) is 8.78 Å². The third-order valence-electron chi connectivity index (χ3n) is 5.03. The zero-order chi connectivity index (χ0) is 22.1. The van der Waals surface area contributed by atoms with E-state index in [0.717, 1.165) is 17.0 Å². The monoisotopic (exact) mass is 443 g/mol. The van der Waals surface area contributed by atoms with Crippen LogP contribution in [-0.4, -0.2) is 85.2 Å². The molecule has 0 bridgehead atoms. The van der Waals surface area contributed by atoms with Gasteiger partial charge < -0.3 is 9.80 Å². The highest BCUT2D eigenvalue weighted by atomic mass is 32.2. The Bertz CT molecular complexity index is 956. The normalized spacial score (nSPS) is 17.8. The summed E-state index contributed by atoms with van der Waals surface area (Å²) in [5, 5.41) is 0. The maximum atomic E-state index is 12.6. The lowest BCUT2D eigenvalue weighted by Gasteiger charge is -2.35. The Labute approximate surface area is 171 Å². The van der Waals surface area contributed by atoms with E-state index in [0.29, 0.717) is 0 Å². The number of alkyl halides is 2. The quantitative estimate of drug-likeness (QED) is 0.598. The van der Waals surface area contributed by atoms with Crippen molar-refractivity contribution in [3.05, 3.63) is 29.8 Å². The third-order valence-corrected chi connectivity index (χ3v) is 6.43. The second-order valence-electron chi connectivity index (χ2n) is 6.88. The van der Waals surface area contributed by atoms with E-state index in [9.17, 15) is 36.4 Å². The minimum Gasteiger partial charge on any atom is -0.338 e. The Morgan fingerprint density at radius 2 is 1.40 bits per heavy atom. The first-order valence-electron chi connectivity index (χ1n) is 9.13. The van der Waals surface area contributed by atoms with Crippen LogP contribution < -0.4 is 0 Å². The van der Waals surface area contributed by atoms with Crippen molar-refractivity contribution >= 4 is 33.5 Å². The van der Waals surface area contributed by atoms with Gasteiger partial charge in [-0.15, -0.1) is 0 Å². The summed E-state index contributed by atoms with van der Waals surface area (Å²) in [6.45, 7) is 0.496. The zero-order valence-electron chi connectivity index (χ0n) is 15.8. The molecule has 3 rings (SSSR count). The molecular weight excluding hydrogens is 424 g/mol. The standard InChI is InChI=1S/C18H19F2N3O6S/c19-18(20)30(28,29)13-3-1-12(2-4-13)17(27)22-9-7-21(8-10-22)16(26)11-23-14(24)5-6-15(23)25/h1-4,18H,5-11H2. The number of hydrogen-bond acceptors (Lipinski definition) is 6. The lowest BCUT2D eigenvalue weighted by Crippen LogP contribution is -2.53. The molecule has 9 nitrogen and oxygen atoms in total. The summed E-state index contributed by atoms with van der Waals surface area (Å²) in [5.74, 6) is -5.10. The van der Waals surface area contributed by atoms with Crippen molar-refractivity contribution in [1.82, 2.24) is 14.7 Å². The number of benzene rings is 1. The molecule has 1 aromatic rings. The van der Waals surface area contributed by atoms with Gasteiger partial charge in [0.05, 0.1) is 4.90 Å². The van der Waals surface area contributed by atoms with E-state index in [4.69, 9.17) is 0 Å². The Morgan fingerprint density at radius 3 is 1.90 bits per heavy atom. The summed E-state index contributed by atoms with van der Waals surface area (Å²) >= 11 is 0. The molecule has 30 heavy (non-hydrogen) atoms. The van der Waals surface area contributed by atoms with Crippen LogP contribution in [0.2, 0.25) is 0 Å². The number of likely N-dealkylation sites (tertiary alicyclic amines) is 1. The molecule has 2 aliphatic heterocycles. The predicted octanol–water partition coefficient (Wildman–Crippen LogP) is 0.116. The molecule has 0 aromatic heterocycles. The number of sulfone groups is 1. The highest BCUT2D eigenvalue weighted by molar-refractivity contribution is 7.91. The molecule has 0 aliphatic carbocycles. The molecule has 2 fully saturated rings. The van der Waals surface area contributed by atoms with Gasteiger partial charge in [0.1, 0.15) is 6.54 Å². The van der Waals surface area contributed by atoms with Crippen LogP contribution in [0, 0.1) is 0 Å². The summed E-state index contributed by atoms with van der Waals surface area (Å²) < 4.78 is 48.1. The number of amides is 4. The van der Waals surface area contributed by atoms with Gasteiger partial charge in [-0.05, 0) is 24.3 Å². The number of rotatable bonds is 5. The van der Waals surface area contributed by atoms with Crippen LogP contribution in [-0.2, 0) is 24.2 Å². The minimum absolute atomic E-state index is 0.103. The highest BCUT2D eigenvalue weighted by Gasteiger charge is 2.33. The van der Waals surface area contributed by atoms with Crippen molar-refractivity contribution in [1.29, 1.82) is 0 Å². The van der Waals surface area contributed by atoms with Crippen LogP contribution in [0.3, 0.4) is 0 Å². The number of carbonyl (C=O) groups is 4. The molecule has 0 spiro atoms. The van der Waals surface area contributed by atoms with E-state index in [1.54, 1.807) is 0 Å². The lowest BCUT2D eigenvalue weighted by molar-refractivity contribution is -0.146. The predicted molar refractivity (Wildman–Crippen MR) is 98.1 cm³/mol. The van der Waals surface area contributed by atoms with Crippen molar-refractivity contribution in [2.45, 2.75) is 23.5 Å². The molecule has 0 atom stereocenters. The lowest BCUT2D eigenvalue weighted by atomic mass is 10.2. The number of imide groups is 1. The highest BCUT2D eigenvalue weighted by Crippen LogP contribution is 2.20. The van der Waals surface area contributed by atoms with Crippen molar-refractivity contribution in [2.24, 2.45) is 0 Å². The number of halogens is 2. The van der Waals surface area contributed by atoms with E-state index in [-0.39, 0.29) is 68.9 Å². The van der Waals surface area contributed by atoms with Crippen molar-refractivity contribution in [3.63, 3.8) is 0 Å².